The van der Waals surface area contributed by atoms with Crippen molar-refractivity contribution in [2.75, 3.05) is 19.1 Å². The third-order valence-electron chi connectivity index (χ3n) is 4.84. The van der Waals surface area contributed by atoms with Crippen LogP contribution in [0.25, 0.3) is 4.85 Å². The Morgan fingerprint density at radius 2 is 1.55 bits per heavy atom. The number of carbonyl (C=O) groups is 1. The van der Waals surface area contributed by atoms with Crippen LogP contribution in [-0.4, -0.2) is 59.8 Å². The van der Waals surface area contributed by atoms with Crippen molar-refractivity contribution in [3.63, 3.8) is 0 Å². The molecule has 0 aliphatic heterocycles. The number of hydrogen-bond acceptors (Lipinski definition) is 8. The van der Waals surface area contributed by atoms with Crippen LogP contribution in [0, 0.1) is 13.5 Å². The Morgan fingerprint density at radius 3 is 1.97 bits per heavy atom. The van der Waals surface area contributed by atoms with E-state index in [1.807, 2.05) is 0 Å². The molecular weight excluding hydrogens is 466 g/mol. The third kappa shape index (κ3) is 5.84. The summed E-state index contributed by atoms with van der Waals surface area (Å²) in [5.41, 5.74) is 0.857. The normalized spacial score (nSPS) is 13.9. The summed E-state index contributed by atoms with van der Waals surface area (Å²) < 4.78 is 76.7. The molecule has 0 saturated heterocycles. The quantitative estimate of drug-likeness (QED) is 0.259. The molecule has 0 aliphatic rings. The van der Waals surface area contributed by atoms with Crippen LogP contribution in [0.2, 0.25) is 0 Å². The second-order valence-corrected chi connectivity index (χ2v) is 14.1. The van der Waals surface area contributed by atoms with E-state index in [-0.39, 0.29) is 30.8 Å². The number of unbranched alkanes of at least 4 members (excludes halogenated alkanes) is 1. The first-order valence-electron chi connectivity index (χ1n) is 9.38. The van der Waals surface area contributed by atoms with Gasteiger partial charge in [0, 0.05) is 18.9 Å². The first kappa shape index (κ1) is 27.1. The summed E-state index contributed by atoms with van der Waals surface area (Å²) in [4.78, 5) is 15.6. The Labute approximate surface area is 184 Å². The number of hydrogen-bond donors (Lipinski definition) is 0. The molecule has 0 amide bonds. The minimum absolute atomic E-state index is 0.00718. The van der Waals surface area contributed by atoms with Crippen molar-refractivity contribution in [3.05, 3.63) is 41.2 Å². The van der Waals surface area contributed by atoms with Crippen LogP contribution in [0.1, 0.15) is 38.2 Å². The van der Waals surface area contributed by atoms with Crippen molar-refractivity contribution in [2.24, 2.45) is 0 Å². The van der Waals surface area contributed by atoms with Gasteiger partial charge in [-0.3, -0.25) is 4.85 Å². The molecule has 0 saturated carbocycles. The maximum Gasteiger partial charge on any atom is 0.343 e. The van der Waals surface area contributed by atoms with Crippen molar-refractivity contribution in [1.82, 2.24) is 0 Å². The second kappa shape index (κ2) is 10.1. The van der Waals surface area contributed by atoms with Gasteiger partial charge in [0.25, 0.3) is 13.9 Å². The number of rotatable bonds is 11. The fraction of sp³-hybridized carbons (Fsp3) is 0.579. The van der Waals surface area contributed by atoms with Crippen LogP contribution in [0.4, 0.5) is 0 Å². The Bertz CT molecular complexity index is 1110. The van der Waals surface area contributed by atoms with Gasteiger partial charge in [-0.05, 0) is 45.2 Å². The van der Waals surface area contributed by atoms with Crippen LogP contribution in [-0.2, 0) is 39.0 Å². The zero-order valence-electron chi connectivity index (χ0n) is 17.9. The number of aryl methyl sites for hydroxylation is 1. The molecule has 1 aromatic rings. The van der Waals surface area contributed by atoms with Crippen LogP contribution < -0.4 is 0 Å². The minimum atomic E-state index is -4.43. The Morgan fingerprint density at radius 1 is 1.03 bits per heavy atom. The molecule has 0 fully saturated rings. The molecule has 0 spiro atoms. The highest BCUT2D eigenvalue weighted by Crippen LogP contribution is 2.32. The number of benzene rings is 1. The molecule has 0 N–H and O–H groups in total. The van der Waals surface area contributed by atoms with Gasteiger partial charge in [-0.25, -0.2) is 36.6 Å². The van der Waals surface area contributed by atoms with E-state index in [1.165, 1.54) is 19.1 Å². The van der Waals surface area contributed by atoms with Gasteiger partial charge in [-0.15, -0.1) is 0 Å². The number of sulfone groups is 3. The van der Waals surface area contributed by atoms with Crippen molar-refractivity contribution < 1.29 is 34.8 Å². The summed E-state index contributed by atoms with van der Waals surface area (Å²) in [5, 5.41) is -1.41. The average molecular weight is 494 g/mol. The van der Waals surface area contributed by atoms with E-state index in [9.17, 15) is 30.0 Å². The summed E-state index contributed by atoms with van der Waals surface area (Å²) in [6.45, 7) is 10.3. The van der Waals surface area contributed by atoms with E-state index >= 15 is 0 Å². The van der Waals surface area contributed by atoms with E-state index in [4.69, 9.17) is 11.3 Å². The lowest BCUT2D eigenvalue weighted by molar-refractivity contribution is -0.143. The monoisotopic (exact) mass is 493 g/mol. The van der Waals surface area contributed by atoms with Crippen molar-refractivity contribution in [2.45, 2.75) is 53.9 Å². The predicted molar refractivity (Wildman–Crippen MR) is 116 cm³/mol. The first-order chi connectivity index (χ1) is 14.1. The van der Waals surface area contributed by atoms with Gasteiger partial charge in [0.05, 0.1) is 11.5 Å². The summed E-state index contributed by atoms with van der Waals surface area (Å²) in [7, 11) is -12.8. The Hall–Kier alpha value is -1.97. The molecule has 31 heavy (non-hydrogen) atoms. The van der Waals surface area contributed by atoms with E-state index in [0.717, 1.165) is 5.56 Å². The number of ether oxygens (including phenoxy) is 1. The lowest BCUT2D eigenvalue weighted by atomic mass is 10.1. The second-order valence-electron chi connectivity index (χ2n) is 7.21. The fourth-order valence-electron chi connectivity index (χ4n) is 3.14. The average Bonchev–Trinajstić information content (AvgIpc) is 2.62. The van der Waals surface area contributed by atoms with E-state index < -0.39 is 51.4 Å². The molecule has 174 valence electrons. The summed E-state index contributed by atoms with van der Waals surface area (Å²) in [6.07, 6.45) is 0.452. The Balaban J connectivity index is 3.08. The van der Waals surface area contributed by atoms with Crippen LogP contribution in [0.5, 0.6) is 0 Å². The SMILES string of the molecule is [C-]#[N+]C(CCCCC(C(=O)OCC)(S(C)(=O)=O)S(C)(=O)=O)S(=O)(=O)c1ccc(C)cc1. The maximum atomic E-state index is 12.7. The number of esters is 1. The van der Waals surface area contributed by atoms with Gasteiger partial charge in [0.2, 0.25) is 0 Å². The minimum Gasteiger partial charge on any atom is -0.464 e. The van der Waals surface area contributed by atoms with Crippen molar-refractivity contribution in [3.8, 4) is 0 Å². The van der Waals surface area contributed by atoms with Gasteiger partial charge in [-0.2, -0.15) is 0 Å². The van der Waals surface area contributed by atoms with Crippen LogP contribution in [0.3, 0.4) is 0 Å². The van der Waals surface area contributed by atoms with Gasteiger partial charge < -0.3 is 4.74 Å². The molecule has 12 heteroatoms. The van der Waals surface area contributed by atoms with E-state index in [2.05, 4.69) is 4.85 Å². The van der Waals surface area contributed by atoms with Crippen molar-refractivity contribution >= 4 is 35.5 Å². The van der Waals surface area contributed by atoms with E-state index in [1.54, 1.807) is 19.1 Å². The largest absolute Gasteiger partial charge is 0.464 e. The van der Waals surface area contributed by atoms with E-state index in [0.29, 0.717) is 12.5 Å². The summed E-state index contributed by atoms with van der Waals surface area (Å²) >= 11 is 0. The summed E-state index contributed by atoms with van der Waals surface area (Å²) in [5.74, 6) is -1.38. The fourth-order valence-corrected chi connectivity index (χ4v) is 8.54. The predicted octanol–water partition coefficient (Wildman–Crippen LogP) is 1.92. The molecule has 9 nitrogen and oxygen atoms in total. The zero-order chi connectivity index (χ0) is 24.1. The first-order valence-corrected chi connectivity index (χ1v) is 14.7. The molecule has 1 rings (SSSR count). The lowest BCUT2D eigenvalue weighted by Gasteiger charge is -2.27. The van der Waals surface area contributed by atoms with Crippen LogP contribution in [0.15, 0.2) is 29.2 Å². The molecule has 0 radical (unpaired) electrons. The molecular formula is C19H27NO8S3. The highest BCUT2D eigenvalue weighted by molar-refractivity contribution is 8.10. The third-order valence-corrected chi connectivity index (χ3v) is 11.8. The highest BCUT2D eigenvalue weighted by atomic mass is 32.3. The number of carbonyl (C=O) groups excluding carboxylic acids is 1. The smallest absolute Gasteiger partial charge is 0.343 e. The van der Waals surface area contributed by atoms with Gasteiger partial charge >= 0.3 is 11.3 Å². The van der Waals surface area contributed by atoms with Crippen molar-refractivity contribution in [1.29, 1.82) is 0 Å². The molecule has 0 aliphatic carbocycles. The molecule has 0 heterocycles. The van der Waals surface area contributed by atoms with Gasteiger partial charge in [-0.1, -0.05) is 17.7 Å². The van der Waals surface area contributed by atoms with Gasteiger partial charge in [0.15, 0.2) is 19.7 Å². The standard InChI is InChI=1S/C19H27NO8S3/c1-6-28-18(21)19(29(4,22)23,30(5,24)25)14-8-7-9-17(20-3)31(26,27)16-12-10-15(2)11-13-16/h10-13,17H,6-9,14H2,1-2,4-5H3. The Kier molecular flexibility index (Phi) is 8.82. The maximum absolute atomic E-state index is 12.7. The summed E-state index contributed by atoms with van der Waals surface area (Å²) in [6, 6.07) is 6.03. The highest BCUT2D eigenvalue weighted by Gasteiger charge is 2.58. The molecule has 0 bridgehead atoms. The molecule has 1 unspecified atom stereocenters. The topological polar surface area (TPSA) is 133 Å². The van der Waals surface area contributed by atoms with Gasteiger partial charge in [0.1, 0.15) is 0 Å². The zero-order valence-corrected chi connectivity index (χ0v) is 20.3. The lowest BCUT2D eigenvalue weighted by Crippen LogP contribution is -2.53. The molecule has 0 aromatic heterocycles. The molecule has 1 aromatic carbocycles. The number of nitrogens with zero attached hydrogens (tertiary/aromatic N) is 1. The molecule has 1 atom stereocenters. The van der Waals surface area contributed by atoms with Crippen LogP contribution >= 0.6 is 0 Å².